The zero-order valence-corrected chi connectivity index (χ0v) is 10.5. The van der Waals surface area contributed by atoms with E-state index in [-0.39, 0.29) is 0 Å². The van der Waals surface area contributed by atoms with Crippen molar-refractivity contribution in [3.05, 3.63) is 35.9 Å². The van der Waals surface area contributed by atoms with Gasteiger partial charge in [0.25, 0.3) is 0 Å². The van der Waals surface area contributed by atoms with Crippen molar-refractivity contribution < 1.29 is 0 Å². The lowest BCUT2D eigenvalue weighted by atomic mass is 10.00. The molecule has 88 valence electrons. The zero-order chi connectivity index (χ0) is 11.2. The molecule has 2 heteroatoms. The van der Waals surface area contributed by atoms with Gasteiger partial charge in [-0.1, -0.05) is 36.8 Å². The predicted molar refractivity (Wildman–Crippen MR) is 69.9 cm³/mol. The maximum Gasteiger partial charge on any atom is 0.0359 e. The highest BCUT2D eigenvalue weighted by Gasteiger charge is 2.21. The quantitative estimate of drug-likeness (QED) is 0.720. The van der Waals surface area contributed by atoms with Crippen molar-refractivity contribution in [2.24, 2.45) is 0 Å². The van der Waals surface area contributed by atoms with Crippen molar-refractivity contribution in [3.63, 3.8) is 0 Å². The number of hydrogen-bond acceptors (Lipinski definition) is 1. The van der Waals surface area contributed by atoms with Crippen LogP contribution in [0.5, 0.6) is 0 Å². The van der Waals surface area contributed by atoms with Gasteiger partial charge in [-0.25, -0.2) is 0 Å². The van der Waals surface area contributed by atoms with Gasteiger partial charge in [-0.15, -0.1) is 11.6 Å². The summed E-state index contributed by atoms with van der Waals surface area (Å²) in [5.41, 5.74) is 1.42. The van der Waals surface area contributed by atoms with E-state index in [0.717, 1.165) is 12.3 Å². The molecule has 1 fully saturated rings. The van der Waals surface area contributed by atoms with Gasteiger partial charge in [-0.05, 0) is 37.9 Å². The molecule has 1 atom stereocenters. The molecule has 0 aromatic heterocycles. The van der Waals surface area contributed by atoms with E-state index in [0.29, 0.717) is 6.04 Å². The molecule has 0 bridgehead atoms. The summed E-state index contributed by atoms with van der Waals surface area (Å²) in [5, 5.41) is 0. The average molecular weight is 238 g/mol. The average Bonchev–Trinajstić information content (AvgIpc) is 2.38. The van der Waals surface area contributed by atoms with Gasteiger partial charge in [0, 0.05) is 11.9 Å². The molecule has 0 N–H and O–H groups in total. The fourth-order valence-electron chi connectivity index (χ4n) is 2.57. The summed E-state index contributed by atoms with van der Waals surface area (Å²) in [7, 11) is 0. The Morgan fingerprint density at radius 1 is 1.06 bits per heavy atom. The van der Waals surface area contributed by atoms with Gasteiger partial charge in [-0.2, -0.15) is 0 Å². The van der Waals surface area contributed by atoms with Gasteiger partial charge >= 0.3 is 0 Å². The van der Waals surface area contributed by atoms with Gasteiger partial charge in [0.15, 0.2) is 0 Å². The van der Waals surface area contributed by atoms with Gasteiger partial charge in [0.05, 0.1) is 0 Å². The Labute approximate surface area is 103 Å². The third-order valence-corrected chi connectivity index (χ3v) is 3.62. The summed E-state index contributed by atoms with van der Waals surface area (Å²) in [4.78, 5) is 2.60. The zero-order valence-electron chi connectivity index (χ0n) is 9.74. The molecule has 0 aliphatic carbocycles. The van der Waals surface area contributed by atoms with E-state index in [4.69, 9.17) is 11.6 Å². The number of halogens is 1. The highest BCUT2D eigenvalue weighted by molar-refractivity contribution is 6.17. The van der Waals surface area contributed by atoms with Crippen molar-refractivity contribution >= 4 is 11.6 Å². The van der Waals surface area contributed by atoms with Gasteiger partial charge in [-0.3, -0.25) is 4.90 Å². The molecule has 0 spiro atoms. The van der Waals surface area contributed by atoms with E-state index < -0.39 is 0 Å². The van der Waals surface area contributed by atoms with E-state index >= 15 is 0 Å². The van der Waals surface area contributed by atoms with E-state index in [2.05, 4.69) is 35.2 Å². The molecule has 1 aromatic carbocycles. The molecule has 0 radical (unpaired) electrons. The van der Waals surface area contributed by atoms with Crippen LogP contribution in [-0.4, -0.2) is 23.9 Å². The van der Waals surface area contributed by atoms with Crippen molar-refractivity contribution in [2.75, 3.05) is 19.0 Å². The van der Waals surface area contributed by atoms with Crippen LogP contribution in [0.4, 0.5) is 0 Å². The first-order valence-corrected chi connectivity index (χ1v) is 6.80. The molecule has 1 aromatic rings. The Morgan fingerprint density at radius 3 is 2.38 bits per heavy atom. The largest absolute Gasteiger partial charge is 0.296 e. The van der Waals surface area contributed by atoms with Crippen LogP contribution in [0.25, 0.3) is 0 Å². The summed E-state index contributed by atoms with van der Waals surface area (Å²) in [6.07, 6.45) is 5.13. The second-order valence-corrected chi connectivity index (χ2v) is 4.88. The third kappa shape index (κ3) is 2.99. The first kappa shape index (κ1) is 11.9. The smallest absolute Gasteiger partial charge is 0.0359 e. The molecule has 0 saturated carbocycles. The van der Waals surface area contributed by atoms with Crippen LogP contribution in [-0.2, 0) is 0 Å². The number of hydrogen-bond donors (Lipinski definition) is 0. The van der Waals surface area contributed by atoms with E-state index in [1.54, 1.807) is 0 Å². The molecule has 1 nitrogen and oxygen atoms in total. The Hall–Kier alpha value is -0.530. The van der Waals surface area contributed by atoms with Crippen LogP contribution in [0.15, 0.2) is 30.3 Å². The van der Waals surface area contributed by atoms with E-state index in [1.807, 2.05) is 0 Å². The first-order chi connectivity index (χ1) is 7.92. The molecule has 16 heavy (non-hydrogen) atoms. The predicted octanol–water partition coefficient (Wildman–Crippen LogP) is 3.84. The molecule has 0 unspecified atom stereocenters. The summed E-state index contributed by atoms with van der Waals surface area (Å²) < 4.78 is 0. The number of piperidine rings is 1. The van der Waals surface area contributed by atoms with Crippen LogP contribution in [0.1, 0.15) is 37.3 Å². The molecule has 1 aliphatic rings. The summed E-state index contributed by atoms with van der Waals surface area (Å²) in [5.74, 6) is 0.746. The number of benzene rings is 1. The minimum Gasteiger partial charge on any atom is -0.296 e. The number of rotatable bonds is 4. The Morgan fingerprint density at radius 2 is 1.75 bits per heavy atom. The normalized spacial score (nSPS) is 19.6. The Balaban J connectivity index is 2.09. The summed E-state index contributed by atoms with van der Waals surface area (Å²) in [6, 6.07) is 11.3. The first-order valence-electron chi connectivity index (χ1n) is 6.27. The monoisotopic (exact) mass is 237 g/mol. The molecular weight excluding hydrogens is 218 g/mol. The van der Waals surface area contributed by atoms with Gasteiger partial charge in [0.1, 0.15) is 0 Å². The minimum atomic E-state index is 0.527. The highest BCUT2D eigenvalue weighted by atomic mass is 35.5. The number of alkyl halides is 1. The van der Waals surface area contributed by atoms with Crippen LogP contribution in [0, 0.1) is 0 Å². The number of nitrogens with zero attached hydrogens (tertiary/aromatic N) is 1. The fourth-order valence-corrected chi connectivity index (χ4v) is 2.78. The highest BCUT2D eigenvalue weighted by Crippen LogP contribution is 2.27. The molecule has 1 saturated heterocycles. The van der Waals surface area contributed by atoms with E-state index in [9.17, 15) is 0 Å². The maximum atomic E-state index is 5.94. The summed E-state index contributed by atoms with van der Waals surface area (Å²) in [6.45, 7) is 2.47. The number of likely N-dealkylation sites (tertiary alicyclic amines) is 1. The third-order valence-electron chi connectivity index (χ3n) is 3.40. The van der Waals surface area contributed by atoms with Crippen molar-refractivity contribution in [3.8, 4) is 0 Å². The maximum absolute atomic E-state index is 5.94. The van der Waals surface area contributed by atoms with Crippen LogP contribution >= 0.6 is 11.6 Å². The lowest BCUT2D eigenvalue weighted by Crippen LogP contribution is -2.34. The Bertz CT molecular complexity index is 293. The van der Waals surface area contributed by atoms with Crippen LogP contribution < -0.4 is 0 Å². The summed E-state index contributed by atoms with van der Waals surface area (Å²) >= 11 is 5.94. The molecule has 1 aliphatic heterocycles. The molecule has 2 rings (SSSR count). The van der Waals surface area contributed by atoms with Gasteiger partial charge < -0.3 is 0 Å². The lowest BCUT2D eigenvalue weighted by molar-refractivity contribution is 0.160. The van der Waals surface area contributed by atoms with Crippen LogP contribution in [0.3, 0.4) is 0 Å². The Kier molecular flexibility index (Phi) is 4.68. The molecular formula is C14H20ClN. The molecule has 1 heterocycles. The second-order valence-electron chi connectivity index (χ2n) is 4.50. The fraction of sp³-hybridized carbons (Fsp3) is 0.571. The van der Waals surface area contributed by atoms with Crippen molar-refractivity contribution in [1.29, 1.82) is 0 Å². The standard InChI is InChI=1S/C14H20ClN/c15-10-9-14(13-7-3-1-4-8-13)16-11-5-2-6-12-16/h1,3-4,7-8,14H,2,5-6,9-12H2/t14-/m0/s1. The minimum absolute atomic E-state index is 0.527. The molecule has 0 amide bonds. The van der Waals surface area contributed by atoms with Gasteiger partial charge in [0.2, 0.25) is 0 Å². The van der Waals surface area contributed by atoms with Crippen molar-refractivity contribution in [2.45, 2.75) is 31.7 Å². The SMILES string of the molecule is ClCC[C@@H](c1ccccc1)N1CCCCC1. The lowest BCUT2D eigenvalue weighted by Gasteiger charge is -2.34. The van der Waals surface area contributed by atoms with Crippen LogP contribution in [0.2, 0.25) is 0 Å². The topological polar surface area (TPSA) is 3.24 Å². The van der Waals surface area contributed by atoms with Crippen molar-refractivity contribution in [1.82, 2.24) is 4.90 Å². The second kappa shape index (κ2) is 6.27. The van der Waals surface area contributed by atoms with E-state index in [1.165, 1.54) is 37.9 Å².